The van der Waals surface area contributed by atoms with Crippen molar-refractivity contribution in [2.75, 3.05) is 26.2 Å². The molecule has 2 rings (SSSR count). The van der Waals surface area contributed by atoms with Crippen molar-refractivity contribution >= 4 is 5.91 Å². The highest BCUT2D eigenvalue weighted by molar-refractivity contribution is 5.78. The average molecular weight is 282 g/mol. The van der Waals surface area contributed by atoms with Gasteiger partial charge in [0.25, 0.3) is 0 Å². The van der Waals surface area contributed by atoms with Gasteiger partial charge in [-0.2, -0.15) is 0 Å². The summed E-state index contributed by atoms with van der Waals surface area (Å²) in [6, 6.07) is 0.417. The van der Waals surface area contributed by atoms with Gasteiger partial charge in [-0.15, -0.1) is 0 Å². The Morgan fingerprint density at radius 2 is 1.90 bits per heavy atom. The monoisotopic (exact) mass is 282 g/mol. The van der Waals surface area contributed by atoms with E-state index in [2.05, 4.69) is 4.90 Å². The molecule has 1 amide bonds. The average Bonchev–Trinajstić information content (AvgIpc) is 2.87. The third-order valence-corrected chi connectivity index (χ3v) is 5.14. The minimum atomic E-state index is -0.149. The van der Waals surface area contributed by atoms with Crippen molar-refractivity contribution in [2.45, 2.75) is 64.5 Å². The van der Waals surface area contributed by atoms with Crippen LogP contribution >= 0.6 is 0 Å². The first kappa shape index (κ1) is 15.8. The largest absolute Gasteiger partial charge is 0.393 e. The van der Waals surface area contributed by atoms with Crippen molar-refractivity contribution in [3.8, 4) is 0 Å². The van der Waals surface area contributed by atoms with Gasteiger partial charge in [0.05, 0.1) is 12.6 Å². The lowest BCUT2D eigenvalue weighted by molar-refractivity contribution is -0.133. The maximum atomic E-state index is 12.3. The Labute approximate surface area is 123 Å². The minimum absolute atomic E-state index is 0.149. The first-order chi connectivity index (χ1) is 9.67. The molecule has 1 heterocycles. The summed E-state index contributed by atoms with van der Waals surface area (Å²) in [7, 11) is 0. The van der Waals surface area contributed by atoms with Gasteiger partial charge in [-0.05, 0) is 46.1 Å². The highest BCUT2D eigenvalue weighted by atomic mass is 16.3. The smallest absolute Gasteiger partial charge is 0.236 e. The van der Waals surface area contributed by atoms with E-state index in [0.717, 1.165) is 45.3 Å². The summed E-state index contributed by atoms with van der Waals surface area (Å²) in [6.07, 6.45) is 6.63. The van der Waals surface area contributed by atoms with Gasteiger partial charge in [-0.3, -0.25) is 9.69 Å². The Morgan fingerprint density at radius 3 is 2.50 bits per heavy atom. The van der Waals surface area contributed by atoms with E-state index in [9.17, 15) is 9.90 Å². The van der Waals surface area contributed by atoms with E-state index in [4.69, 9.17) is 0 Å². The molecule has 1 saturated carbocycles. The van der Waals surface area contributed by atoms with Crippen LogP contribution in [0.5, 0.6) is 0 Å². The molecular weight excluding hydrogens is 252 g/mol. The Morgan fingerprint density at radius 1 is 1.15 bits per heavy atom. The highest BCUT2D eigenvalue weighted by Crippen LogP contribution is 2.35. The number of piperidine rings is 1. The molecule has 1 N–H and O–H groups in total. The van der Waals surface area contributed by atoms with Crippen LogP contribution in [0.1, 0.15) is 52.4 Å². The lowest BCUT2D eigenvalue weighted by atomic mass is 9.87. The predicted molar refractivity (Wildman–Crippen MR) is 80.5 cm³/mol. The fraction of sp³-hybridized carbons (Fsp3) is 0.938. The number of rotatable bonds is 5. The lowest BCUT2D eigenvalue weighted by Gasteiger charge is -2.40. The van der Waals surface area contributed by atoms with Crippen molar-refractivity contribution in [3.05, 3.63) is 0 Å². The SMILES string of the molecule is CCN(CC)C(=O)CN1CCCCC1C1CCCC1O. The molecule has 1 aliphatic carbocycles. The molecule has 20 heavy (non-hydrogen) atoms. The summed E-state index contributed by atoms with van der Waals surface area (Å²) in [4.78, 5) is 16.6. The molecule has 2 fully saturated rings. The number of nitrogens with zero attached hydrogens (tertiary/aromatic N) is 2. The van der Waals surface area contributed by atoms with Gasteiger partial charge in [0, 0.05) is 25.0 Å². The summed E-state index contributed by atoms with van der Waals surface area (Å²) in [5.74, 6) is 0.634. The number of aliphatic hydroxyl groups excluding tert-OH is 1. The standard InChI is InChI=1S/C16H30N2O2/c1-3-17(4-2)16(20)12-18-11-6-5-9-14(18)13-8-7-10-15(13)19/h13-15,19H,3-12H2,1-2H3. The molecule has 3 unspecified atom stereocenters. The molecule has 2 aliphatic rings. The molecule has 0 aromatic rings. The second-order valence-electron chi connectivity index (χ2n) is 6.26. The summed E-state index contributed by atoms with van der Waals surface area (Å²) in [6.45, 7) is 7.21. The maximum absolute atomic E-state index is 12.3. The van der Waals surface area contributed by atoms with E-state index in [1.54, 1.807) is 0 Å². The van der Waals surface area contributed by atoms with Crippen LogP contribution in [0.2, 0.25) is 0 Å². The van der Waals surface area contributed by atoms with Crippen LogP contribution < -0.4 is 0 Å². The molecule has 0 aromatic carbocycles. The van der Waals surface area contributed by atoms with E-state index in [0.29, 0.717) is 18.5 Å². The number of likely N-dealkylation sites (N-methyl/N-ethyl adjacent to an activating group) is 1. The third-order valence-electron chi connectivity index (χ3n) is 5.14. The zero-order chi connectivity index (χ0) is 14.5. The summed E-state index contributed by atoms with van der Waals surface area (Å²) >= 11 is 0. The van der Waals surface area contributed by atoms with Crippen LogP contribution in [0.15, 0.2) is 0 Å². The summed E-state index contributed by atoms with van der Waals surface area (Å²) in [5, 5.41) is 10.2. The molecule has 4 heteroatoms. The second-order valence-corrected chi connectivity index (χ2v) is 6.26. The van der Waals surface area contributed by atoms with Crippen LogP contribution in [0, 0.1) is 5.92 Å². The van der Waals surface area contributed by atoms with Crippen LogP contribution in [0.4, 0.5) is 0 Å². The molecule has 0 spiro atoms. The second kappa shape index (κ2) is 7.41. The Balaban J connectivity index is 1.98. The maximum Gasteiger partial charge on any atom is 0.236 e. The number of carbonyl (C=O) groups is 1. The van der Waals surface area contributed by atoms with Crippen molar-refractivity contribution < 1.29 is 9.90 Å². The number of likely N-dealkylation sites (tertiary alicyclic amines) is 1. The minimum Gasteiger partial charge on any atom is -0.393 e. The van der Waals surface area contributed by atoms with Crippen LogP contribution in [0.3, 0.4) is 0 Å². The normalized spacial score (nSPS) is 31.4. The lowest BCUT2D eigenvalue weighted by Crippen LogP contribution is -2.50. The Kier molecular flexibility index (Phi) is 5.85. The molecule has 3 atom stereocenters. The Hall–Kier alpha value is -0.610. The van der Waals surface area contributed by atoms with E-state index in [1.165, 1.54) is 12.8 Å². The van der Waals surface area contributed by atoms with Crippen LogP contribution in [-0.2, 0) is 4.79 Å². The van der Waals surface area contributed by atoms with Gasteiger partial charge in [-0.1, -0.05) is 12.8 Å². The number of amides is 1. The predicted octanol–water partition coefficient (Wildman–Crippen LogP) is 1.87. The first-order valence-corrected chi connectivity index (χ1v) is 8.37. The zero-order valence-electron chi connectivity index (χ0n) is 13.1. The third kappa shape index (κ3) is 3.53. The molecule has 4 nitrogen and oxygen atoms in total. The van der Waals surface area contributed by atoms with E-state index in [-0.39, 0.29) is 12.0 Å². The summed E-state index contributed by atoms with van der Waals surface area (Å²) in [5.41, 5.74) is 0. The molecule has 0 radical (unpaired) electrons. The van der Waals surface area contributed by atoms with Gasteiger partial charge in [-0.25, -0.2) is 0 Å². The zero-order valence-corrected chi connectivity index (χ0v) is 13.1. The van der Waals surface area contributed by atoms with E-state index in [1.807, 2.05) is 18.7 Å². The first-order valence-electron chi connectivity index (χ1n) is 8.37. The van der Waals surface area contributed by atoms with Crippen molar-refractivity contribution in [3.63, 3.8) is 0 Å². The number of hydrogen-bond acceptors (Lipinski definition) is 3. The van der Waals surface area contributed by atoms with Crippen molar-refractivity contribution in [1.82, 2.24) is 9.80 Å². The topological polar surface area (TPSA) is 43.8 Å². The summed E-state index contributed by atoms with van der Waals surface area (Å²) < 4.78 is 0. The van der Waals surface area contributed by atoms with Crippen LogP contribution in [0.25, 0.3) is 0 Å². The number of aliphatic hydroxyl groups is 1. The van der Waals surface area contributed by atoms with Gasteiger partial charge < -0.3 is 10.0 Å². The molecule has 1 saturated heterocycles. The van der Waals surface area contributed by atoms with Crippen LogP contribution in [-0.4, -0.2) is 59.1 Å². The fourth-order valence-electron chi connectivity index (χ4n) is 3.97. The van der Waals surface area contributed by atoms with Crippen molar-refractivity contribution in [2.24, 2.45) is 5.92 Å². The van der Waals surface area contributed by atoms with Gasteiger partial charge in [0.15, 0.2) is 0 Å². The van der Waals surface area contributed by atoms with Gasteiger partial charge in [0.2, 0.25) is 5.91 Å². The fourth-order valence-corrected chi connectivity index (χ4v) is 3.97. The van der Waals surface area contributed by atoms with Crippen molar-refractivity contribution in [1.29, 1.82) is 0 Å². The van der Waals surface area contributed by atoms with E-state index < -0.39 is 0 Å². The molecule has 116 valence electrons. The van der Waals surface area contributed by atoms with E-state index >= 15 is 0 Å². The molecule has 0 aromatic heterocycles. The van der Waals surface area contributed by atoms with Gasteiger partial charge in [0.1, 0.15) is 0 Å². The Bertz CT molecular complexity index is 318. The number of carbonyl (C=O) groups excluding carboxylic acids is 1. The molecule has 1 aliphatic heterocycles. The molecule has 0 bridgehead atoms. The van der Waals surface area contributed by atoms with Gasteiger partial charge >= 0.3 is 0 Å². The number of hydrogen-bond donors (Lipinski definition) is 1. The quantitative estimate of drug-likeness (QED) is 0.837. The highest BCUT2D eigenvalue weighted by Gasteiger charge is 2.37. The molecular formula is C16H30N2O2.